The highest BCUT2D eigenvalue weighted by molar-refractivity contribution is 5.95. The van der Waals surface area contributed by atoms with Gasteiger partial charge in [-0.1, -0.05) is 12.2 Å². The Morgan fingerprint density at radius 2 is 1.89 bits per heavy atom. The number of carbonyl (C=O) groups excluding carboxylic acids is 4. The minimum Gasteiger partial charge on any atom is -0.356 e. The molecule has 9 nitrogen and oxygen atoms in total. The van der Waals surface area contributed by atoms with E-state index in [1.54, 1.807) is 0 Å². The molecule has 4 bridgehead atoms. The van der Waals surface area contributed by atoms with Crippen LogP contribution >= 0.6 is 0 Å². The predicted octanol–water partition coefficient (Wildman–Crippen LogP) is 1.02. The van der Waals surface area contributed by atoms with Crippen LogP contribution in [0.5, 0.6) is 0 Å². The molecule has 2 heterocycles. The molecule has 0 aromatic carbocycles. The van der Waals surface area contributed by atoms with E-state index < -0.39 is 53.4 Å². The van der Waals surface area contributed by atoms with Crippen LogP contribution < -0.4 is 16.0 Å². The van der Waals surface area contributed by atoms with Crippen LogP contribution in [0, 0.1) is 52.3 Å². The highest BCUT2D eigenvalue weighted by atomic mass is 19.4. The Morgan fingerprint density at radius 3 is 2.47 bits per heavy atom. The van der Waals surface area contributed by atoms with Gasteiger partial charge in [-0.25, -0.2) is 0 Å². The van der Waals surface area contributed by atoms with E-state index in [4.69, 9.17) is 0 Å². The van der Waals surface area contributed by atoms with Crippen LogP contribution in [0.25, 0.3) is 0 Å². The summed E-state index contributed by atoms with van der Waals surface area (Å²) >= 11 is 0. The number of hydrogen-bond donors (Lipinski definition) is 3. The molecule has 7 aliphatic rings. The second-order valence-electron chi connectivity index (χ2n) is 12.1. The second kappa shape index (κ2) is 8.71. The molecule has 0 radical (unpaired) electrons. The highest BCUT2D eigenvalue weighted by Crippen LogP contribution is 2.66. The van der Waals surface area contributed by atoms with Gasteiger partial charge in [0.15, 0.2) is 0 Å². The standard InChI is InChI=1S/C26H30F3N5O4/c27-26(28,29)24(38)33-20(25-7-12(8-25)9-25)23(37)34-11-17-13-1-2-14(5-13)18(17)19(34)22(36)32-16(10-30)6-15-3-4-31-21(15)35/h1-2,12-20H,3-9,11H2,(H,31,35)(H,32,36)(H,33,38). The van der Waals surface area contributed by atoms with E-state index in [0.29, 0.717) is 38.1 Å². The third-order valence-electron chi connectivity index (χ3n) is 9.98. The van der Waals surface area contributed by atoms with Crippen molar-refractivity contribution in [1.82, 2.24) is 20.9 Å². The lowest BCUT2D eigenvalue weighted by Crippen LogP contribution is -2.69. The summed E-state index contributed by atoms with van der Waals surface area (Å²) in [7, 11) is 0. The van der Waals surface area contributed by atoms with Gasteiger partial charge in [0.2, 0.25) is 17.7 Å². The average molecular weight is 534 g/mol. The number of allylic oxidation sites excluding steroid dienone is 2. The van der Waals surface area contributed by atoms with Crippen molar-refractivity contribution >= 4 is 23.6 Å². The van der Waals surface area contributed by atoms with Crippen LogP contribution in [0.2, 0.25) is 0 Å². The molecule has 38 heavy (non-hydrogen) atoms. The van der Waals surface area contributed by atoms with E-state index in [1.807, 2.05) is 17.5 Å². The molecule has 2 aliphatic heterocycles. The fraction of sp³-hybridized carbons (Fsp3) is 0.731. The maximum atomic E-state index is 14.0. The summed E-state index contributed by atoms with van der Waals surface area (Å²) in [5.74, 6) is -3.55. The maximum Gasteiger partial charge on any atom is 0.471 e. The van der Waals surface area contributed by atoms with Gasteiger partial charge in [0, 0.05) is 24.4 Å². The van der Waals surface area contributed by atoms with Crippen molar-refractivity contribution in [3.8, 4) is 6.07 Å². The van der Waals surface area contributed by atoms with Crippen LogP contribution in [-0.4, -0.2) is 65.9 Å². The third-order valence-corrected chi connectivity index (χ3v) is 9.98. The number of amides is 4. The number of likely N-dealkylation sites (tertiary alicyclic amines) is 1. The summed E-state index contributed by atoms with van der Waals surface area (Å²) < 4.78 is 39.6. The van der Waals surface area contributed by atoms with Crippen molar-refractivity contribution in [1.29, 1.82) is 5.26 Å². The molecule has 5 aliphatic carbocycles. The Morgan fingerprint density at radius 1 is 1.18 bits per heavy atom. The van der Waals surface area contributed by atoms with E-state index in [-0.39, 0.29) is 42.5 Å². The number of rotatable bonds is 7. The molecule has 4 saturated carbocycles. The van der Waals surface area contributed by atoms with Crippen LogP contribution in [-0.2, 0) is 19.2 Å². The van der Waals surface area contributed by atoms with E-state index in [1.165, 1.54) is 4.90 Å². The fourth-order valence-corrected chi connectivity index (χ4v) is 8.09. The summed E-state index contributed by atoms with van der Waals surface area (Å²) in [6.45, 7) is 0.723. The van der Waals surface area contributed by atoms with Crippen molar-refractivity contribution in [2.24, 2.45) is 40.9 Å². The van der Waals surface area contributed by atoms with Gasteiger partial charge in [-0.3, -0.25) is 19.2 Å². The van der Waals surface area contributed by atoms with Gasteiger partial charge in [-0.2, -0.15) is 18.4 Å². The summed E-state index contributed by atoms with van der Waals surface area (Å²) in [6.07, 6.45) is 2.27. The molecule has 8 atom stereocenters. The first-order chi connectivity index (χ1) is 18.0. The summed E-state index contributed by atoms with van der Waals surface area (Å²) in [4.78, 5) is 53.0. The number of nitriles is 1. The van der Waals surface area contributed by atoms with Gasteiger partial charge in [-0.15, -0.1) is 0 Å². The van der Waals surface area contributed by atoms with Crippen molar-refractivity contribution in [3.05, 3.63) is 12.2 Å². The zero-order valence-electron chi connectivity index (χ0n) is 20.7. The van der Waals surface area contributed by atoms with Crippen molar-refractivity contribution in [2.75, 3.05) is 13.1 Å². The van der Waals surface area contributed by atoms with Gasteiger partial charge in [0.1, 0.15) is 18.1 Å². The first kappa shape index (κ1) is 25.2. The first-order valence-electron chi connectivity index (χ1n) is 13.3. The van der Waals surface area contributed by atoms with Crippen LogP contribution in [0.15, 0.2) is 12.2 Å². The molecular weight excluding hydrogens is 503 g/mol. The van der Waals surface area contributed by atoms with Gasteiger partial charge in [0.05, 0.1) is 6.07 Å². The normalized spacial score (nSPS) is 39.4. The largest absolute Gasteiger partial charge is 0.471 e. The SMILES string of the molecule is N#CC(CC1CCNC1=O)NC(=O)C1C2C3C=CC(C3)C2CN1C(=O)C(NC(=O)C(F)(F)F)C12CC(C1)C2. The number of nitrogens with one attached hydrogen (secondary N) is 3. The lowest BCUT2D eigenvalue weighted by molar-refractivity contribution is -0.187. The second-order valence-corrected chi connectivity index (χ2v) is 12.1. The zero-order valence-corrected chi connectivity index (χ0v) is 20.7. The molecule has 8 unspecified atom stereocenters. The summed E-state index contributed by atoms with van der Waals surface area (Å²) in [5, 5.41) is 17.1. The van der Waals surface area contributed by atoms with E-state index in [0.717, 1.165) is 6.42 Å². The average Bonchev–Trinajstić information content (AvgIpc) is 3.57. The van der Waals surface area contributed by atoms with Crippen LogP contribution in [0.3, 0.4) is 0 Å². The number of nitrogens with zero attached hydrogens (tertiary/aromatic N) is 2. The summed E-state index contributed by atoms with van der Waals surface area (Å²) in [6, 6.07) is -1.21. The Kier molecular flexibility index (Phi) is 5.78. The topological polar surface area (TPSA) is 131 Å². The third kappa shape index (κ3) is 3.88. The number of halogens is 3. The lowest BCUT2D eigenvalue weighted by Gasteiger charge is -2.65. The number of carbonyl (C=O) groups is 4. The predicted molar refractivity (Wildman–Crippen MR) is 124 cm³/mol. The minimum atomic E-state index is -5.13. The smallest absolute Gasteiger partial charge is 0.356 e. The molecule has 0 spiro atoms. The Bertz CT molecular complexity index is 1130. The van der Waals surface area contributed by atoms with E-state index in [2.05, 4.69) is 16.7 Å². The van der Waals surface area contributed by atoms with Gasteiger partial charge in [-0.05, 0) is 68.1 Å². The van der Waals surface area contributed by atoms with Crippen LogP contribution in [0.4, 0.5) is 13.2 Å². The van der Waals surface area contributed by atoms with E-state index in [9.17, 15) is 37.6 Å². The van der Waals surface area contributed by atoms with Gasteiger partial charge < -0.3 is 20.9 Å². The molecule has 6 fully saturated rings. The number of hydrogen-bond acceptors (Lipinski definition) is 5. The molecule has 12 heteroatoms. The van der Waals surface area contributed by atoms with Gasteiger partial charge >= 0.3 is 12.1 Å². The number of fused-ring (bicyclic) bond motifs is 5. The molecule has 0 aromatic rings. The van der Waals surface area contributed by atoms with Crippen molar-refractivity contribution in [2.45, 2.75) is 62.8 Å². The van der Waals surface area contributed by atoms with Crippen molar-refractivity contribution in [3.63, 3.8) is 0 Å². The molecule has 0 aromatic heterocycles. The number of alkyl halides is 3. The van der Waals surface area contributed by atoms with E-state index >= 15 is 0 Å². The zero-order chi connectivity index (χ0) is 27.0. The minimum absolute atomic E-state index is 0.0159. The molecule has 2 saturated heterocycles. The molecule has 4 amide bonds. The monoisotopic (exact) mass is 533 g/mol. The Hall–Kier alpha value is -3.10. The Balaban J connectivity index is 1.25. The molecule has 204 valence electrons. The highest BCUT2D eigenvalue weighted by Gasteiger charge is 2.66. The lowest BCUT2D eigenvalue weighted by atomic mass is 9.41. The molecular formula is C26H30F3N5O4. The quantitative estimate of drug-likeness (QED) is 0.421. The van der Waals surface area contributed by atoms with Crippen LogP contribution in [0.1, 0.15) is 38.5 Å². The molecule has 3 N–H and O–H groups in total. The fourth-order valence-electron chi connectivity index (χ4n) is 8.09. The maximum absolute atomic E-state index is 14.0. The van der Waals surface area contributed by atoms with Crippen molar-refractivity contribution < 1.29 is 32.3 Å². The Labute approximate surface area is 217 Å². The molecule has 7 rings (SSSR count). The summed E-state index contributed by atoms with van der Waals surface area (Å²) in [5.41, 5.74) is -0.705. The first-order valence-corrected chi connectivity index (χ1v) is 13.3. The van der Waals surface area contributed by atoms with Gasteiger partial charge in [0.25, 0.3) is 0 Å².